The summed E-state index contributed by atoms with van der Waals surface area (Å²) in [6.07, 6.45) is -0.386. The number of aryl methyl sites for hydroxylation is 4. The van der Waals surface area contributed by atoms with E-state index in [1.165, 1.54) is 6.92 Å². The number of carbonyl (C=O) groups excluding carboxylic acids is 3. The number of aliphatic hydroxyl groups is 1. The topological polar surface area (TPSA) is 105 Å². The highest BCUT2D eigenvalue weighted by Gasteiger charge is 2.56. The Bertz CT molecular complexity index is 1860. The van der Waals surface area contributed by atoms with Crippen molar-refractivity contribution in [1.29, 1.82) is 0 Å². The highest BCUT2D eigenvalue weighted by molar-refractivity contribution is 9.10. The van der Waals surface area contributed by atoms with E-state index in [-0.39, 0.29) is 13.0 Å². The smallest absolute Gasteiger partial charge is 0.235 e. The number of halogens is 2. The molecule has 1 aliphatic rings. The minimum atomic E-state index is -1.79. The van der Waals surface area contributed by atoms with E-state index < -0.39 is 41.0 Å². The van der Waals surface area contributed by atoms with E-state index >= 15 is 0 Å². The van der Waals surface area contributed by atoms with Crippen molar-refractivity contribution < 1.29 is 24.2 Å². The maximum absolute atomic E-state index is 14.4. The van der Waals surface area contributed by atoms with E-state index in [0.717, 1.165) is 27.8 Å². The van der Waals surface area contributed by atoms with Crippen molar-refractivity contribution in [2.24, 2.45) is 11.8 Å². The molecule has 1 saturated carbocycles. The van der Waals surface area contributed by atoms with Gasteiger partial charge in [0.25, 0.3) is 0 Å². The second-order valence-electron chi connectivity index (χ2n) is 12.7. The normalized spacial score (nSPS) is 20.9. The molecular formula is C38H38BrClN2O5. The molecule has 4 aromatic carbocycles. The van der Waals surface area contributed by atoms with Gasteiger partial charge in [0.15, 0.2) is 0 Å². The van der Waals surface area contributed by atoms with Crippen molar-refractivity contribution in [2.45, 2.75) is 59.2 Å². The van der Waals surface area contributed by atoms with Gasteiger partial charge >= 0.3 is 0 Å². The van der Waals surface area contributed by atoms with Crippen molar-refractivity contribution in [1.82, 2.24) is 0 Å². The maximum Gasteiger partial charge on any atom is 0.235 e. The molecule has 4 unspecified atom stereocenters. The minimum absolute atomic E-state index is 0.101. The third-order valence-electron chi connectivity index (χ3n) is 8.81. The van der Waals surface area contributed by atoms with Crippen LogP contribution in [0.5, 0.6) is 5.75 Å². The molecule has 3 N–H and O–H groups in total. The molecule has 0 bridgehead atoms. The van der Waals surface area contributed by atoms with Crippen LogP contribution in [0.3, 0.4) is 0 Å². The summed E-state index contributed by atoms with van der Waals surface area (Å²) in [5.41, 5.74) is 4.08. The molecule has 4 atom stereocenters. The van der Waals surface area contributed by atoms with Gasteiger partial charge in [-0.2, -0.15) is 0 Å². The summed E-state index contributed by atoms with van der Waals surface area (Å²) < 4.78 is 6.97. The van der Waals surface area contributed by atoms with Gasteiger partial charge in [-0.3, -0.25) is 14.4 Å². The summed E-state index contributed by atoms with van der Waals surface area (Å²) in [5, 5.41) is 18.4. The Morgan fingerprint density at radius 3 is 2.11 bits per heavy atom. The van der Waals surface area contributed by atoms with Crippen molar-refractivity contribution in [2.75, 3.05) is 10.6 Å². The van der Waals surface area contributed by atoms with Gasteiger partial charge in [0, 0.05) is 44.3 Å². The molecule has 244 valence electrons. The number of ketones is 1. The van der Waals surface area contributed by atoms with E-state index in [9.17, 15) is 19.5 Å². The molecule has 4 aromatic rings. The Morgan fingerprint density at radius 2 is 1.49 bits per heavy atom. The van der Waals surface area contributed by atoms with Crippen LogP contribution in [0.15, 0.2) is 83.3 Å². The number of rotatable bonds is 8. The highest BCUT2D eigenvalue weighted by atomic mass is 79.9. The highest BCUT2D eigenvalue weighted by Crippen LogP contribution is 2.49. The first-order valence-corrected chi connectivity index (χ1v) is 16.6. The average Bonchev–Trinajstić information content (AvgIpc) is 3.00. The van der Waals surface area contributed by atoms with Crippen LogP contribution in [-0.4, -0.2) is 28.3 Å². The monoisotopic (exact) mass is 716 g/mol. The van der Waals surface area contributed by atoms with Crippen LogP contribution in [0.25, 0.3) is 0 Å². The predicted molar refractivity (Wildman–Crippen MR) is 189 cm³/mol. The number of amides is 2. The number of carbonyl (C=O) groups is 3. The predicted octanol–water partition coefficient (Wildman–Crippen LogP) is 8.23. The number of hydrogen-bond donors (Lipinski definition) is 3. The molecule has 1 fully saturated rings. The number of nitrogens with one attached hydrogen (secondary N) is 2. The lowest BCUT2D eigenvalue weighted by atomic mass is 9.61. The van der Waals surface area contributed by atoms with Gasteiger partial charge in [0.05, 0.1) is 11.5 Å². The maximum atomic E-state index is 14.4. The number of benzene rings is 4. The quantitative estimate of drug-likeness (QED) is 0.159. The molecule has 0 heterocycles. The van der Waals surface area contributed by atoms with E-state index in [2.05, 4.69) is 26.6 Å². The lowest BCUT2D eigenvalue weighted by Crippen LogP contribution is -2.56. The summed E-state index contributed by atoms with van der Waals surface area (Å²) in [7, 11) is 0. The molecule has 0 aliphatic heterocycles. The third-order valence-corrected chi connectivity index (χ3v) is 9.67. The second-order valence-corrected chi connectivity index (χ2v) is 14.0. The Labute approximate surface area is 288 Å². The SMILES string of the molecule is Cc1ccc(C)c(NC(=O)C2C(=O)CC(C)(O)C(C(=O)Nc3cc(C)ccc3C)C2c2cc(Br)ccc2OCc2ccccc2Cl)c1. The lowest BCUT2D eigenvalue weighted by Gasteiger charge is -2.45. The number of ether oxygens (including phenoxy) is 1. The van der Waals surface area contributed by atoms with E-state index in [4.69, 9.17) is 16.3 Å². The zero-order valence-corrected chi connectivity index (χ0v) is 29.3. The Morgan fingerprint density at radius 1 is 0.894 bits per heavy atom. The number of hydrogen-bond acceptors (Lipinski definition) is 5. The van der Waals surface area contributed by atoms with Crippen molar-refractivity contribution >= 4 is 56.5 Å². The van der Waals surface area contributed by atoms with Gasteiger partial charge in [-0.05, 0) is 93.3 Å². The number of anilines is 2. The molecular weight excluding hydrogens is 680 g/mol. The summed E-state index contributed by atoms with van der Waals surface area (Å²) in [6, 6.07) is 23.9. The molecule has 9 heteroatoms. The summed E-state index contributed by atoms with van der Waals surface area (Å²) >= 11 is 9.97. The van der Waals surface area contributed by atoms with Crippen LogP contribution in [0, 0.1) is 39.5 Å². The largest absolute Gasteiger partial charge is 0.489 e. The van der Waals surface area contributed by atoms with Crippen LogP contribution in [0.1, 0.15) is 52.6 Å². The van der Waals surface area contributed by atoms with Gasteiger partial charge in [-0.1, -0.05) is 70.0 Å². The molecule has 0 saturated heterocycles. The molecule has 0 spiro atoms. The summed E-state index contributed by atoms with van der Waals surface area (Å²) in [6.45, 7) is 9.17. The van der Waals surface area contributed by atoms with E-state index in [0.29, 0.717) is 32.2 Å². The van der Waals surface area contributed by atoms with Crippen molar-refractivity contribution in [3.05, 3.63) is 122 Å². The van der Waals surface area contributed by atoms with Gasteiger partial charge in [-0.15, -0.1) is 0 Å². The van der Waals surface area contributed by atoms with Gasteiger partial charge in [0.1, 0.15) is 24.1 Å². The van der Waals surface area contributed by atoms with Gasteiger partial charge in [0.2, 0.25) is 11.8 Å². The molecule has 1 aliphatic carbocycles. The summed E-state index contributed by atoms with van der Waals surface area (Å²) in [5.74, 6) is -4.82. The molecule has 0 aromatic heterocycles. The first kappa shape index (κ1) is 34.4. The van der Waals surface area contributed by atoms with Crippen LogP contribution in [0.4, 0.5) is 11.4 Å². The van der Waals surface area contributed by atoms with Crippen molar-refractivity contribution in [3.8, 4) is 5.75 Å². The van der Waals surface area contributed by atoms with Crippen LogP contribution < -0.4 is 15.4 Å². The Balaban J connectivity index is 1.64. The lowest BCUT2D eigenvalue weighted by molar-refractivity contribution is -0.150. The Kier molecular flexibility index (Phi) is 10.2. The van der Waals surface area contributed by atoms with E-state index in [1.54, 1.807) is 24.3 Å². The first-order valence-electron chi connectivity index (χ1n) is 15.4. The average molecular weight is 718 g/mol. The zero-order chi connectivity index (χ0) is 34.0. The Hall–Kier alpha value is -3.98. The van der Waals surface area contributed by atoms with E-state index in [1.807, 2.05) is 82.3 Å². The molecule has 2 amide bonds. The molecule has 7 nitrogen and oxygen atoms in total. The zero-order valence-electron chi connectivity index (χ0n) is 27.0. The minimum Gasteiger partial charge on any atom is -0.489 e. The molecule has 0 radical (unpaired) electrons. The first-order chi connectivity index (χ1) is 22.2. The van der Waals surface area contributed by atoms with Crippen molar-refractivity contribution in [3.63, 3.8) is 0 Å². The van der Waals surface area contributed by atoms with Crippen LogP contribution in [0.2, 0.25) is 5.02 Å². The standard InChI is InChI=1S/C38H38BrClN2O5/c1-21-10-12-23(3)29(16-21)41-36(44)34-31(43)19-38(5,46)35(37(45)42-30-17-22(2)11-13-24(30)4)33(34)27-18-26(39)14-15-32(27)47-20-25-8-6-7-9-28(25)40/h6-18,33-35,46H,19-20H2,1-5H3,(H,41,44)(H,42,45). The summed E-state index contributed by atoms with van der Waals surface area (Å²) in [4.78, 5) is 42.7. The van der Waals surface area contributed by atoms with Crippen LogP contribution >= 0.6 is 27.5 Å². The third kappa shape index (κ3) is 7.61. The van der Waals surface area contributed by atoms with Crippen LogP contribution in [-0.2, 0) is 21.0 Å². The second kappa shape index (κ2) is 14.0. The van der Waals surface area contributed by atoms with Gasteiger partial charge < -0.3 is 20.5 Å². The molecule has 47 heavy (non-hydrogen) atoms. The fraction of sp³-hybridized carbons (Fsp3) is 0.289. The fourth-order valence-electron chi connectivity index (χ4n) is 6.31. The number of Topliss-reactive ketones (excluding diaryl/α,β-unsaturated/α-hetero) is 1. The fourth-order valence-corrected chi connectivity index (χ4v) is 6.88. The molecule has 5 rings (SSSR count). The van der Waals surface area contributed by atoms with Gasteiger partial charge in [-0.25, -0.2) is 0 Å².